The van der Waals surface area contributed by atoms with Crippen molar-refractivity contribution >= 4 is 21.6 Å². The maximum absolute atomic E-state index is 12.1. The van der Waals surface area contributed by atoms with E-state index in [1.807, 2.05) is 0 Å². The first kappa shape index (κ1) is 15.3. The summed E-state index contributed by atoms with van der Waals surface area (Å²) in [6.07, 6.45) is 0. The molecule has 0 heterocycles. The van der Waals surface area contributed by atoms with Gasteiger partial charge in [0.2, 0.25) is 15.9 Å². The molecule has 1 unspecified atom stereocenters. The van der Waals surface area contributed by atoms with E-state index < -0.39 is 22.0 Å². The van der Waals surface area contributed by atoms with Crippen molar-refractivity contribution in [3.8, 4) is 5.75 Å². The summed E-state index contributed by atoms with van der Waals surface area (Å²) in [6.45, 7) is 1.44. The fraction of sp³-hybridized carbons (Fsp3) is 0.364. The molecule has 0 aliphatic rings. The lowest BCUT2D eigenvalue weighted by molar-refractivity contribution is -0.121. The number of hydrogen-bond donors (Lipinski definition) is 3. The first-order valence-corrected chi connectivity index (χ1v) is 6.97. The Balaban J connectivity index is 3.04. The monoisotopic (exact) mass is 287 g/mol. The Kier molecular flexibility index (Phi) is 4.73. The zero-order valence-electron chi connectivity index (χ0n) is 10.9. The number of carbonyl (C=O) groups is 1. The van der Waals surface area contributed by atoms with E-state index in [4.69, 9.17) is 10.5 Å². The van der Waals surface area contributed by atoms with Gasteiger partial charge in [0.1, 0.15) is 10.6 Å². The van der Waals surface area contributed by atoms with Crippen LogP contribution in [-0.4, -0.2) is 34.5 Å². The summed E-state index contributed by atoms with van der Waals surface area (Å²) < 4.78 is 31.3. The second kappa shape index (κ2) is 5.89. The number of sulfonamides is 1. The SMILES string of the molecule is CNC(=O)C(C)NS(=O)(=O)c1ccc(OC)cc1N. The lowest BCUT2D eigenvalue weighted by Crippen LogP contribution is -2.43. The van der Waals surface area contributed by atoms with E-state index in [2.05, 4.69) is 10.0 Å². The average Bonchev–Trinajstić information content (AvgIpc) is 2.36. The van der Waals surface area contributed by atoms with Crippen LogP contribution in [0.4, 0.5) is 5.69 Å². The molecule has 1 aromatic carbocycles. The number of carbonyl (C=O) groups excluding carboxylic acids is 1. The highest BCUT2D eigenvalue weighted by atomic mass is 32.2. The normalized spacial score (nSPS) is 12.8. The summed E-state index contributed by atoms with van der Waals surface area (Å²) in [4.78, 5) is 11.2. The molecule has 4 N–H and O–H groups in total. The van der Waals surface area contributed by atoms with Gasteiger partial charge in [0.25, 0.3) is 0 Å². The number of rotatable bonds is 5. The van der Waals surface area contributed by atoms with Crippen molar-refractivity contribution in [2.24, 2.45) is 0 Å². The topological polar surface area (TPSA) is 111 Å². The van der Waals surface area contributed by atoms with Crippen molar-refractivity contribution in [2.75, 3.05) is 19.9 Å². The van der Waals surface area contributed by atoms with Gasteiger partial charge in [-0.15, -0.1) is 0 Å². The number of anilines is 1. The second-order valence-corrected chi connectivity index (χ2v) is 5.54. The number of likely N-dealkylation sites (N-methyl/N-ethyl adjacent to an activating group) is 1. The van der Waals surface area contributed by atoms with Crippen LogP contribution in [0.3, 0.4) is 0 Å². The highest BCUT2D eigenvalue weighted by Gasteiger charge is 2.23. The third-order valence-corrected chi connectivity index (χ3v) is 4.09. The summed E-state index contributed by atoms with van der Waals surface area (Å²) in [5, 5.41) is 2.35. The summed E-state index contributed by atoms with van der Waals surface area (Å²) in [5.41, 5.74) is 5.72. The average molecular weight is 287 g/mol. The molecule has 1 atom stereocenters. The Bertz CT molecular complexity index is 571. The lowest BCUT2D eigenvalue weighted by atomic mass is 10.3. The van der Waals surface area contributed by atoms with Gasteiger partial charge in [-0.3, -0.25) is 4.79 Å². The zero-order chi connectivity index (χ0) is 14.6. The molecule has 106 valence electrons. The largest absolute Gasteiger partial charge is 0.497 e. The molecule has 0 fully saturated rings. The molecule has 0 radical (unpaired) electrons. The second-order valence-electron chi connectivity index (χ2n) is 3.86. The number of methoxy groups -OCH3 is 1. The van der Waals surface area contributed by atoms with Gasteiger partial charge in [-0.1, -0.05) is 0 Å². The van der Waals surface area contributed by atoms with Crippen molar-refractivity contribution in [2.45, 2.75) is 17.9 Å². The first-order chi connectivity index (χ1) is 8.81. The third kappa shape index (κ3) is 3.58. The molecular weight excluding hydrogens is 270 g/mol. The van der Waals surface area contributed by atoms with E-state index >= 15 is 0 Å². The van der Waals surface area contributed by atoms with Gasteiger partial charge >= 0.3 is 0 Å². The van der Waals surface area contributed by atoms with Crippen LogP contribution >= 0.6 is 0 Å². The molecule has 7 nitrogen and oxygen atoms in total. The van der Waals surface area contributed by atoms with Crippen LogP contribution in [0.25, 0.3) is 0 Å². The number of benzene rings is 1. The Morgan fingerprint density at radius 1 is 1.42 bits per heavy atom. The van der Waals surface area contributed by atoms with Crippen LogP contribution in [-0.2, 0) is 14.8 Å². The fourth-order valence-electron chi connectivity index (χ4n) is 1.46. The minimum Gasteiger partial charge on any atom is -0.497 e. The van der Waals surface area contributed by atoms with Gasteiger partial charge in [0, 0.05) is 13.1 Å². The van der Waals surface area contributed by atoms with E-state index in [1.54, 1.807) is 0 Å². The maximum Gasteiger partial charge on any atom is 0.243 e. The Morgan fingerprint density at radius 2 is 2.05 bits per heavy atom. The van der Waals surface area contributed by atoms with E-state index in [0.29, 0.717) is 5.75 Å². The molecule has 1 aromatic rings. The smallest absolute Gasteiger partial charge is 0.243 e. The molecule has 1 rings (SSSR count). The predicted octanol–water partition coefficient (Wildman–Crippen LogP) is -0.310. The van der Waals surface area contributed by atoms with Crippen molar-refractivity contribution < 1.29 is 17.9 Å². The highest BCUT2D eigenvalue weighted by molar-refractivity contribution is 7.89. The van der Waals surface area contributed by atoms with E-state index in [-0.39, 0.29) is 10.6 Å². The summed E-state index contributed by atoms with van der Waals surface area (Å²) in [5.74, 6) is 0.0199. The maximum atomic E-state index is 12.1. The Hall–Kier alpha value is -1.80. The van der Waals surface area contributed by atoms with Crippen LogP contribution in [0.5, 0.6) is 5.75 Å². The predicted molar refractivity (Wildman–Crippen MR) is 71.3 cm³/mol. The van der Waals surface area contributed by atoms with E-state index in [0.717, 1.165) is 0 Å². The molecule has 8 heteroatoms. The van der Waals surface area contributed by atoms with Gasteiger partial charge in [-0.05, 0) is 19.1 Å². The molecule has 1 amide bonds. The van der Waals surface area contributed by atoms with Gasteiger partial charge in [0.15, 0.2) is 0 Å². The summed E-state index contributed by atoms with van der Waals surface area (Å²) in [6, 6.07) is 3.32. The van der Waals surface area contributed by atoms with Gasteiger partial charge in [-0.2, -0.15) is 4.72 Å². The molecule has 0 bridgehead atoms. The van der Waals surface area contributed by atoms with Crippen LogP contribution in [0, 0.1) is 0 Å². The lowest BCUT2D eigenvalue weighted by Gasteiger charge is -2.14. The first-order valence-electron chi connectivity index (χ1n) is 5.49. The molecule has 19 heavy (non-hydrogen) atoms. The fourth-order valence-corrected chi connectivity index (χ4v) is 2.78. The number of ether oxygens (including phenoxy) is 1. The van der Waals surface area contributed by atoms with E-state index in [9.17, 15) is 13.2 Å². The molecular formula is C11H17N3O4S. The minimum atomic E-state index is -3.86. The van der Waals surface area contributed by atoms with Gasteiger partial charge < -0.3 is 15.8 Å². The number of nitrogen functional groups attached to an aromatic ring is 1. The van der Waals surface area contributed by atoms with Gasteiger partial charge in [0.05, 0.1) is 18.8 Å². The number of amides is 1. The Morgan fingerprint density at radius 3 is 2.53 bits per heavy atom. The van der Waals surface area contributed by atoms with Crippen LogP contribution < -0.4 is 20.5 Å². The minimum absolute atomic E-state index is 0.0518. The van der Waals surface area contributed by atoms with Crippen molar-refractivity contribution in [3.05, 3.63) is 18.2 Å². The van der Waals surface area contributed by atoms with Crippen LogP contribution in [0.1, 0.15) is 6.92 Å². The van der Waals surface area contributed by atoms with Gasteiger partial charge in [-0.25, -0.2) is 8.42 Å². The van der Waals surface area contributed by atoms with Crippen molar-refractivity contribution in [1.82, 2.24) is 10.0 Å². The third-order valence-electron chi connectivity index (χ3n) is 2.48. The quantitative estimate of drug-likeness (QED) is 0.643. The van der Waals surface area contributed by atoms with Crippen molar-refractivity contribution in [3.63, 3.8) is 0 Å². The summed E-state index contributed by atoms with van der Waals surface area (Å²) in [7, 11) is -0.983. The summed E-state index contributed by atoms with van der Waals surface area (Å²) >= 11 is 0. The molecule has 0 aliphatic heterocycles. The standard InChI is InChI=1S/C11H17N3O4S/c1-7(11(15)13-2)14-19(16,17)10-5-4-8(18-3)6-9(10)12/h4-7,14H,12H2,1-3H3,(H,13,15). The molecule has 0 aromatic heterocycles. The molecule has 0 saturated heterocycles. The molecule has 0 spiro atoms. The molecule has 0 saturated carbocycles. The van der Waals surface area contributed by atoms with Crippen LogP contribution in [0.15, 0.2) is 23.1 Å². The number of nitrogens with two attached hydrogens (primary N) is 1. The van der Waals surface area contributed by atoms with E-state index in [1.165, 1.54) is 39.3 Å². The highest BCUT2D eigenvalue weighted by Crippen LogP contribution is 2.23. The molecule has 0 aliphatic carbocycles. The van der Waals surface area contributed by atoms with Crippen LogP contribution in [0.2, 0.25) is 0 Å². The number of nitrogens with one attached hydrogen (secondary N) is 2. The Labute approximate surface area is 112 Å². The number of hydrogen-bond acceptors (Lipinski definition) is 5. The zero-order valence-corrected chi connectivity index (χ0v) is 11.7. The van der Waals surface area contributed by atoms with Crippen molar-refractivity contribution in [1.29, 1.82) is 0 Å².